The molecule has 2 aromatic heterocycles. The van der Waals surface area contributed by atoms with E-state index in [1.54, 1.807) is 11.8 Å². The number of nitrogens with zero attached hydrogens (tertiary/aromatic N) is 3. The summed E-state index contributed by atoms with van der Waals surface area (Å²) in [5, 5.41) is 8.41. The van der Waals surface area contributed by atoms with Crippen LogP contribution in [0.1, 0.15) is 5.56 Å². The zero-order valence-electron chi connectivity index (χ0n) is 10.8. The number of aromatic nitrogens is 3. The van der Waals surface area contributed by atoms with Gasteiger partial charge in [-0.25, -0.2) is 0 Å². The molecule has 0 spiro atoms. The van der Waals surface area contributed by atoms with Gasteiger partial charge in [-0.05, 0) is 36.9 Å². The van der Waals surface area contributed by atoms with Crippen molar-refractivity contribution in [1.82, 2.24) is 14.6 Å². The van der Waals surface area contributed by atoms with Crippen LogP contribution in [0.15, 0.2) is 41.4 Å². The lowest BCUT2D eigenvalue weighted by molar-refractivity contribution is 1.11. The quantitative estimate of drug-likeness (QED) is 0.727. The van der Waals surface area contributed by atoms with E-state index in [2.05, 4.69) is 40.7 Å². The lowest BCUT2D eigenvalue weighted by Crippen LogP contribution is -1.95. The number of hydrogen-bond donors (Lipinski definition) is 1. The van der Waals surface area contributed by atoms with Crippen LogP contribution in [0.4, 0.5) is 5.69 Å². The van der Waals surface area contributed by atoms with Crippen molar-refractivity contribution >= 4 is 23.1 Å². The van der Waals surface area contributed by atoms with E-state index in [4.69, 9.17) is 5.73 Å². The highest BCUT2D eigenvalue weighted by molar-refractivity contribution is 7.98. The molecule has 96 valence electrons. The molecule has 0 saturated heterocycles. The van der Waals surface area contributed by atoms with Gasteiger partial charge in [0.2, 0.25) is 0 Å². The van der Waals surface area contributed by atoms with E-state index in [1.807, 2.05) is 23.6 Å². The Labute approximate surface area is 115 Å². The first-order valence-electron chi connectivity index (χ1n) is 5.94. The molecule has 0 atom stereocenters. The maximum Gasteiger partial charge on any atom is 0.184 e. The van der Waals surface area contributed by atoms with Crippen LogP contribution < -0.4 is 5.73 Å². The molecule has 5 heteroatoms. The SMILES string of the molecule is CSc1ccc(-c2nnc3c(N)cc(C)cn23)cc1. The molecule has 0 fully saturated rings. The summed E-state index contributed by atoms with van der Waals surface area (Å²) in [5.74, 6) is 0.818. The van der Waals surface area contributed by atoms with Crippen molar-refractivity contribution < 1.29 is 0 Å². The van der Waals surface area contributed by atoms with Crippen LogP contribution in [-0.4, -0.2) is 20.9 Å². The predicted molar refractivity (Wildman–Crippen MR) is 79.4 cm³/mol. The minimum absolute atomic E-state index is 0.652. The standard InChI is InChI=1S/C14H14N4S/c1-9-7-12(15)14-17-16-13(18(14)8-9)10-3-5-11(19-2)6-4-10/h3-8H,15H2,1-2H3. The van der Waals surface area contributed by atoms with Crippen LogP contribution in [0.5, 0.6) is 0 Å². The summed E-state index contributed by atoms with van der Waals surface area (Å²) in [6.07, 6.45) is 4.06. The van der Waals surface area contributed by atoms with Gasteiger partial charge in [0.25, 0.3) is 0 Å². The second-order valence-electron chi connectivity index (χ2n) is 4.42. The summed E-state index contributed by atoms with van der Waals surface area (Å²) < 4.78 is 1.94. The normalized spacial score (nSPS) is 11.1. The summed E-state index contributed by atoms with van der Waals surface area (Å²) >= 11 is 1.72. The summed E-state index contributed by atoms with van der Waals surface area (Å²) in [4.78, 5) is 1.23. The molecule has 2 N–H and O–H groups in total. The second kappa shape index (κ2) is 4.59. The Morgan fingerprint density at radius 3 is 2.58 bits per heavy atom. The molecule has 0 amide bonds. The lowest BCUT2D eigenvalue weighted by atomic mass is 10.2. The van der Waals surface area contributed by atoms with Gasteiger partial charge < -0.3 is 5.73 Å². The molecule has 0 radical (unpaired) electrons. The smallest absolute Gasteiger partial charge is 0.184 e. The molecule has 0 saturated carbocycles. The molecule has 0 bridgehead atoms. The Hall–Kier alpha value is -2.01. The summed E-state index contributed by atoms with van der Waals surface area (Å²) in [6.45, 7) is 2.01. The molecule has 0 aliphatic heterocycles. The minimum atomic E-state index is 0.652. The van der Waals surface area contributed by atoms with Crippen LogP contribution in [0, 0.1) is 6.92 Å². The predicted octanol–water partition coefficient (Wildman–Crippen LogP) is 3.01. The molecule has 3 aromatic rings. The van der Waals surface area contributed by atoms with Gasteiger partial charge in [-0.1, -0.05) is 12.1 Å². The molecule has 4 nitrogen and oxygen atoms in total. The van der Waals surface area contributed by atoms with Gasteiger partial charge in [-0.3, -0.25) is 4.40 Å². The van der Waals surface area contributed by atoms with E-state index in [9.17, 15) is 0 Å². The fraction of sp³-hybridized carbons (Fsp3) is 0.143. The summed E-state index contributed by atoms with van der Waals surface area (Å²) in [5.41, 5.74) is 9.45. The van der Waals surface area contributed by atoms with Crippen LogP contribution in [0.3, 0.4) is 0 Å². The van der Waals surface area contributed by atoms with Gasteiger partial charge in [0, 0.05) is 16.7 Å². The van der Waals surface area contributed by atoms with Gasteiger partial charge in [-0.2, -0.15) is 0 Å². The van der Waals surface area contributed by atoms with Crippen molar-refractivity contribution in [3.63, 3.8) is 0 Å². The molecule has 2 heterocycles. The van der Waals surface area contributed by atoms with Gasteiger partial charge in [-0.15, -0.1) is 22.0 Å². The van der Waals surface area contributed by atoms with Crippen molar-refractivity contribution in [3.05, 3.63) is 42.1 Å². The third-order valence-electron chi connectivity index (χ3n) is 3.02. The van der Waals surface area contributed by atoms with Gasteiger partial charge >= 0.3 is 0 Å². The largest absolute Gasteiger partial charge is 0.396 e. The fourth-order valence-electron chi connectivity index (χ4n) is 2.10. The van der Waals surface area contributed by atoms with Crippen molar-refractivity contribution in [3.8, 4) is 11.4 Å². The van der Waals surface area contributed by atoms with Crippen LogP contribution >= 0.6 is 11.8 Å². The zero-order chi connectivity index (χ0) is 13.4. The number of pyridine rings is 1. The monoisotopic (exact) mass is 270 g/mol. The van der Waals surface area contributed by atoms with Crippen LogP contribution in [0.25, 0.3) is 17.0 Å². The van der Waals surface area contributed by atoms with Crippen molar-refractivity contribution in [1.29, 1.82) is 0 Å². The average molecular weight is 270 g/mol. The highest BCUT2D eigenvalue weighted by atomic mass is 32.2. The molecule has 0 aliphatic carbocycles. The Morgan fingerprint density at radius 1 is 1.16 bits per heavy atom. The maximum absolute atomic E-state index is 5.97. The van der Waals surface area contributed by atoms with E-state index in [0.717, 1.165) is 17.0 Å². The molecule has 1 aromatic carbocycles. The van der Waals surface area contributed by atoms with Gasteiger partial charge in [0.05, 0.1) is 5.69 Å². The number of nitrogens with two attached hydrogens (primary N) is 1. The number of hydrogen-bond acceptors (Lipinski definition) is 4. The first-order chi connectivity index (χ1) is 9.19. The number of benzene rings is 1. The number of nitrogen functional groups attached to an aromatic ring is 1. The van der Waals surface area contributed by atoms with E-state index in [0.29, 0.717) is 11.3 Å². The fourth-order valence-corrected chi connectivity index (χ4v) is 2.51. The second-order valence-corrected chi connectivity index (χ2v) is 5.30. The molecule has 0 aliphatic rings. The Balaban J connectivity index is 2.19. The molecule has 0 unspecified atom stereocenters. The third kappa shape index (κ3) is 2.06. The average Bonchev–Trinajstić information content (AvgIpc) is 2.83. The first kappa shape index (κ1) is 12.0. The number of aryl methyl sites for hydroxylation is 1. The summed E-state index contributed by atoms with van der Waals surface area (Å²) in [6, 6.07) is 10.2. The van der Waals surface area contributed by atoms with Crippen LogP contribution in [-0.2, 0) is 0 Å². The highest BCUT2D eigenvalue weighted by Gasteiger charge is 2.10. The number of rotatable bonds is 2. The van der Waals surface area contributed by atoms with E-state index < -0.39 is 0 Å². The van der Waals surface area contributed by atoms with Gasteiger partial charge in [0.15, 0.2) is 11.5 Å². The van der Waals surface area contributed by atoms with E-state index >= 15 is 0 Å². The maximum atomic E-state index is 5.97. The van der Waals surface area contributed by atoms with Crippen LogP contribution in [0.2, 0.25) is 0 Å². The van der Waals surface area contributed by atoms with E-state index in [-0.39, 0.29) is 0 Å². The van der Waals surface area contributed by atoms with E-state index in [1.165, 1.54) is 4.90 Å². The third-order valence-corrected chi connectivity index (χ3v) is 3.76. The molecule has 3 rings (SSSR count). The topological polar surface area (TPSA) is 56.2 Å². The first-order valence-corrected chi connectivity index (χ1v) is 7.17. The number of anilines is 1. The lowest BCUT2D eigenvalue weighted by Gasteiger charge is -2.04. The van der Waals surface area contributed by atoms with Crippen molar-refractivity contribution in [2.45, 2.75) is 11.8 Å². The van der Waals surface area contributed by atoms with Crippen molar-refractivity contribution in [2.24, 2.45) is 0 Å². The number of thioether (sulfide) groups is 1. The van der Waals surface area contributed by atoms with Gasteiger partial charge in [0.1, 0.15) is 0 Å². The molecule has 19 heavy (non-hydrogen) atoms. The molecular formula is C14H14N4S. The Morgan fingerprint density at radius 2 is 1.89 bits per heavy atom. The Bertz CT molecular complexity index is 731. The highest BCUT2D eigenvalue weighted by Crippen LogP contribution is 2.24. The number of fused-ring (bicyclic) bond motifs is 1. The summed E-state index contributed by atoms with van der Waals surface area (Å²) in [7, 11) is 0. The zero-order valence-corrected chi connectivity index (χ0v) is 11.6. The molecular weight excluding hydrogens is 256 g/mol. The van der Waals surface area contributed by atoms with Crippen molar-refractivity contribution in [2.75, 3.05) is 12.0 Å². The minimum Gasteiger partial charge on any atom is -0.396 e. The Kier molecular flexibility index (Phi) is 2.91.